The zero-order chi connectivity index (χ0) is 8.39. The summed E-state index contributed by atoms with van der Waals surface area (Å²) in [5.74, 6) is 1.12. The summed E-state index contributed by atoms with van der Waals surface area (Å²) in [4.78, 5) is 13.6. The van der Waals surface area contributed by atoms with E-state index in [1.807, 2.05) is 0 Å². The maximum atomic E-state index is 11.1. The molecule has 0 saturated heterocycles. The van der Waals surface area contributed by atoms with Gasteiger partial charge in [0, 0.05) is 6.20 Å². The first-order valence-electron chi connectivity index (χ1n) is 4.17. The van der Waals surface area contributed by atoms with Crippen molar-refractivity contribution in [2.45, 2.75) is 12.8 Å². The third kappa shape index (κ3) is 1.67. The van der Waals surface area contributed by atoms with Crippen LogP contribution in [0, 0.1) is 5.92 Å². The second-order valence-corrected chi connectivity index (χ2v) is 3.12. The third-order valence-corrected chi connectivity index (χ3v) is 1.95. The molecule has 1 aliphatic rings. The number of hydrogen-bond donors (Lipinski definition) is 1. The van der Waals surface area contributed by atoms with Crippen LogP contribution in [-0.4, -0.2) is 11.6 Å². The highest BCUT2D eigenvalue weighted by atomic mass is 16.5. The summed E-state index contributed by atoms with van der Waals surface area (Å²) in [5, 5.41) is 0. The molecule has 1 saturated carbocycles. The van der Waals surface area contributed by atoms with Gasteiger partial charge in [-0.25, -0.2) is 0 Å². The van der Waals surface area contributed by atoms with Crippen molar-refractivity contribution >= 4 is 0 Å². The second-order valence-electron chi connectivity index (χ2n) is 3.12. The Bertz CT molecular complexity index is 314. The molecule has 1 fully saturated rings. The molecule has 0 unspecified atom stereocenters. The number of hydrogen-bond acceptors (Lipinski definition) is 2. The number of pyridine rings is 1. The van der Waals surface area contributed by atoms with E-state index >= 15 is 0 Å². The molecule has 0 radical (unpaired) electrons. The van der Waals surface area contributed by atoms with Crippen molar-refractivity contribution in [3.05, 3.63) is 28.7 Å². The molecule has 64 valence electrons. The van der Waals surface area contributed by atoms with Gasteiger partial charge in [0.15, 0.2) is 5.75 Å². The predicted molar refractivity (Wildman–Crippen MR) is 45.3 cm³/mol. The highest BCUT2D eigenvalue weighted by Crippen LogP contribution is 2.28. The Labute approximate surface area is 70.4 Å². The fourth-order valence-corrected chi connectivity index (χ4v) is 1.01. The van der Waals surface area contributed by atoms with E-state index in [9.17, 15) is 4.79 Å². The van der Waals surface area contributed by atoms with Crippen molar-refractivity contribution in [1.29, 1.82) is 0 Å². The van der Waals surface area contributed by atoms with Gasteiger partial charge in [-0.3, -0.25) is 4.79 Å². The summed E-state index contributed by atoms with van der Waals surface area (Å²) in [6.07, 6.45) is 4.09. The molecule has 0 aromatic carbocycles. The van der Waals surface area contributed by atoms with Crippen molar-refractivity contribution < 1.29 is 4.74 Å². The molecule has 1 N–H and O–H groups in total. The molecular weight excluding hydrogens is 154 g/mol. The van der Waals surface area contributed by atoms with Crippen LogP contribution in [0.3, 0.4) is 0 Å². The van der Waals surface area contributed by atoms with Crippen molar-refractivity contribution in [3.63, 3.8) is 0 Å². The van der Waals surface area contributed by atoms with Crippen LogP contribution in [0.5, 0.6) is 5.75 Å². The molecule has 1 aromatic rings. The fourth-order valence-electron chi connectivity index (χ4n) is 1.01. The number of rotatable bonds is 3. The number of nitrogens with one attached hydrogen (secondary N) is 1. The van der Waals surface area contributed by atoms with Gasteiger partial charge in [-0.05, 0) is 30.9 Å². The average Bonchev–Trinajstić information content (AvgIpc) is 2.86. The normalized spacial score (nSPS) is 16.0. The highest BCUT2D eigenvalue weighted by Gasteiger charge is 2.22. The lowest BCUT2D eigenvalue weighted by atomic mass is 10.4. The monoisotopic (exact) mass is 165 g/mol. The third-order valence-electron chi connectivity index (χ3n) is 1.95. The molecule has 12 heavy (non-hydrogen) atoms. The Kier molecular flexibility index (Phi) is 1.86. The van der Waals surface area contributed by atoms with Crippen LogP contribution < -0.4 is 10.3 Å². The standard InChI is InChI=1S/C9H11NO2/c11-9-8(2-1-5-10-9)12-6-7-3-4-7/h1-2,5,7H,3-4,6H2,(H,10,11). The SMILES string of the molecule is O=c1[nH]cccc1OCC1CC1. The maximum Gasteiger partial charge on any atom is 0.290 e. The summed E-state index contributed by atoms with van der Waals surface area (Å²) < 4.78 is 5.32. The van der Waals surface area contributed by atoms with Gasteiger partial charge in [0.2, 0.25) is 0 Å². The van der Waals surface area contributed by atoms with Gasteiger partial charge in [0.1, 0.15) is 0 Å². The maximum absolute atomic E-state index is 11.1. The quantitative estimate of drug-likeness (QED) is 0.730. The second kappa shape index (κ2) is 3.01. The molecule has 1 aliphatic carbocycles. The van der Waals surface area contributed by atoms with Gasteiger partial charge >= 0.3 is 0 Å². The minimum Gasteiger partial charge on any atom is -0.488 e. The van der Waals surface area contributed by atoms with E-state index < -0.39 is 0 Å². The molecule has 0 amide bonds. The highest BCUT2D eigenvalue weighted by molar-refractivity contribution is 5.15. The zero-order valence-electron chi connectivity index (χ0n) is 6.75. The van der Waals surface area contributed by atoms with Gasteiger partial charge in [0.25, 0.3) is 5.56 Å². The molecule has 0 bridgehead atoms. The topological polar surface area (TPSA) is 42.1 Å². The van der Waals surface area contributed by atoms with Gasteiger partial charge < -0.3 is 9.72 Å². The lowest BCUT2D eigenvalue weighted by molar-refractivity contribution is 0.295. The zero-order valence-corrected chi connectivity index (χ0v) is 6.75. The van der Waals surface area contributed by atoms with Crippen molar-refractivity contribution in [2.75, 3.05) is 6.61 Å². The van der Waals surface area contributed by atoms with Crippen LogP contribution in [-0.2, 0) is 0 Å². The van der Waals surface area contributed by atoms with E-state index in [2.05, 4.69) is 4.98 Å². The molecule has 3 nitrogen and oxygen atoms in total. The molecule has 0 spiro atoms. The minimum atomic E-state index is -0.141. The lowest BCUT2D eigenvalue weighted by Crippen LogP contribution is -2.11. The summed E-state index contributed by atoms with van der Waals surface area (Å²) in [7, 11) is 0. The fraction of sp³-hybridized carbons (Fsp3) is 0.444. The molecule has 1 heterocycles. The van der Waals surface area contributed by atoms with Crippen molar-refractivity contribution in [2.24, 2.45) is 5.92 Å². The summed E-state index contributed by atoms with van der Waals surface area (Å²) in [6.45, 7) is 0.688. The van der Waals surface area contributed by atoms with Crippen LogP contribution in [0.4, 0.5) is 0 Å². The smallest absolute Gasteiger partial charge is 0.290 e. The van der Waals surface area contributed by atoms with E-state index in [0.717, 1.165) is 0 Å². The summed E-state index contributed by atoms with van der Waals surface area (Å²) >= 11 is 0. The Hall–Kier alpha value is -1.25. The molecule has 2 rings (SSSR count). The Morgan fingerprint density at radius 3 is 3.08 bits per heavy atom. The van der Waals surface area contributed by atoms with Gasteiger partial charge in [0.05, 0.1) is 6.61 Å². The van der Waals surface area contributed by atoms with Gasteiger partial charge in [-0.1, -0.05) is 0 Å². The molecule has 1 aromatic heterocycles. The van der Waals surface area contributed by atoms with Crippen molar-refractivity contribution in [1.82, 2.24) is 4.98 Å². The number of H-pyrrole nitrogens is 1. The first-order valence-corrected chi connectivity index (χ1v) is 4.17. The molecular formula is C9H11NO2. The average molecular weight is 165 g/mol. The molecule has 0 aliphatic heterocycles. The summed E-state index contributed by atoms with van der Waals surface area (Å²) in [5.41, 5.74) is -0.141. The number of aromatic nitrogens is 1. The van der Waals surface area contributed by atoms with E-state index in [1.54, 1.807) is 18.3 Å². The van der Waals surface area contributed by atoms with E-state index in [0.29, 0.717) is 18.3 Å². The first-order chi connectivity index (χ1) is 5.86. The number of aromatic amines is 1. The van der Waals surface area contributed by atoms with Gasteiger partial charge in [-0.2, -0.15) is 0 Å². The van der Waals surface area contributed by atoms with E-state index in [-0.39, 0.29) is 5.56 Å². The van der Waals surface area contributed by atoms with Crippen LogP contribution >= 0.6 is 0 Å². The van der Waals surface area contributed by atoms with Crippen LogP contribution in [0.15, 0.2) is 23.1 Å². The Morgan fingerprint density at radius 2 is 2.42 bits per heavy atom. The lowest BCUT2D eigenvalue weighted by Gasteiger charge is -2.01. The van der Waals surface area contributed by atoms with Crippen LogP contribution in [0.2, 0.25) is 0 Å². The van der Waals surface area contributed by atoms with Gasteiger partial charge in [-0.15, -0.1) is 0 Å². The Balaban J connectivity index is 2.01. The predicted octanol–water partition coefficient (Wildman–Crippen LogP) is 1.16. The van der Waals surface area contributed by atoms with Crippen LogP contribution in [0.1, 0.15) is 12.8 Å². The van der Waals surface area contributed by atoms with E-state index in [4.69, 9.17) is 4.74 Å². The van der Waals surface area contributed by atoms with Crippen molar-refractivity contribution in [3.8, 4) is 5.75 Å². The number of ether oxygens (including phenoxy) is 1. The largest absolute Gasteiger partial charge is 0.488 e. The molecule has 0 atom stereocenters. The first kappa shape index (κ1) is 7.40. The van der Waals surface area contributed by atoms with E-state index in [1.165, 1.54) is 12.8 Å². The minimum absolute atomic E-state index is 0.141. The van der Waals surface area contributed by atoms with Crippen LogP contribution in [0.25, 0.3) is 0 Å². The Morgan fingerprint density at radius 1 is 1.58 bits per heavy atom. The summed E-state index contributed by atoms with van der Waals surface area (Å²) in [6, 6.07) is 3.46. The molecule has 3 heteroatoms.